The third-order valence-corrected chi connectivity index (χ3v) is 4.36. The first-order chi connectivity index (χ1) is 12.4. The minimum absolute atomic E-state index is 0.0628. The summed E-state index contributed by atoms with van der Waals surface area (Å²) in [4.78, 5) is 12.4. The van der Waals surface area contributed by atoms with E-state index < -0.39 is 5.91 Å². The Morgan fingerprint density at radius 2 is 1.65 bits per heavy atom. The molecule has 0 bridgehead atoms. The summed E-state index contributed by atoms with van der Waals surface area (Å²) in [7, 11) is 0. The lowest BCUT2D eigenvalue weighted by Gasteiger charge is -2.11. The van der Waals surface area contributed by atoms with Crippen molar-refractivity contribution in [1.29, 1.82) is 0 Å². The Hall–Kier alpha value is -2.21. The lowest BCUT2D eigenvalue weighted by atomic mass is 10.2. The van der Waals surface area contributed by atoms with E-state index in [-0.39, 0.29) is 11.3 Å². The van der Waals surface area contributed by atoms with Gasteiger partial charge in [0.05, 0.1) is 5.56 Å². The molecule has 0 heterocycles. The van der Waals surface area contributed by atoms with E-state index in [1.54, 1.807) is 30.3 Å². The van der Waals surface area contributed by atoms with Gasteiger partial charge < -0.3 is 15.2 Å². The van der Waals surface area contributed by atoms with E-state index in [0.29, 0.717) is 27.2 Å². The number of anilines is 1. The number of ether oxygens (including phenoxy) is 1. The molecule has 3 aromatic carbocycles. The Balaban J connectivity index is 1.82. The van der Waals surface area contributed by atoms with Gasteiger partial charge in [0.25, 0.3) is 5.91 Å². The first kappa shape index (κ1) is 18.6. The number of aromatic hydroxyl groups is 1. The molecule has 1 amide bonds. The Morgan fingerprint density at radius 3 is 2.38 bits per heavy atom. The topological polar surface area (TPSA) is 58.6 Å². The van der Waals surface area contributed by atoms with Crippen LogP contribution in [-0.4, -0.2) is 11.0 Å². The molecule has 0 spiro atoms. The second-order valence-electron chi connectivity index (χ2n) is 5.35. The number of carbonyl (C=O) groups excluding carboxylic acids is 1. The zero-order valence-corrected chi connectivity index (χ0v) is 16.3. The molecule has 3 aromatic rings. The second kappa shape index (κ2) is 7.99. The predicted octanol–water partition coefficient (Wildman–Crippen LogP) is 6.51. The lowest BCUT2D eigenvalue weighted by molar-refractivity contribution is 0.102. The molecule has 0 fully saturated rings. The van der Waals surface area contributed by atoms with E-state index in [4.69, 9.17) is 27.9 Å². The van der Waals surface area contributed by atoms with Crippen molar-refractivity contribution in [2.24, 2.45) is 0 Å². The Labute approximate surface area is 168 Å². The summed E-state index contributed by atoms with van der Waals surface area (Å²) in [6.07, 6.45) is 0. The fourth-order valence-corrected chi connectivity index (χ4v) is 2.88. The third kappa shape index (κ3) is 4.69. The maximum Gasteiger partial charge on any atom is 0.259 e. The van der Waals surface area contributed by atoms with Crippen LogP contribution in [0.2, 0.25) is 10.0 Å². The SMILES string of the molecule is O=C(Nc1cc(Cl)cc(Oc2ccc(Br)cc2)c1)c1cc(Cl)ccc1O. The van der Waals surface area contributed by atoms with Gasteiger partial charge in [-0.2, -0.15) is 0 Å². The second-order valence-corrected chi connectivity index (χ2v) is 7.14. The fraction of sp³-hybridized carbons (Fsp3) is 0. The summed E-state index contributed by atoms with van der Waals surface area (Å²) < 4.78 is 6.69. The van der Waals surface area contributed by atoms with Crippen molar-refractivity contribution >= 4 is 50.7 Å². The molecule has 0 radical (unpaired) electrons. The Bertz CT molecular complexity index is 961. The van der Waals surface area contributed by atoms with Crippen LogP contribution in [-0.2, 0) is 0 Å². The monoisotopic (exact) mass is 451 g/mol. The molecule has 0 saturated carbocycles. The maximum absolute atomic E-state index is 12.4. The van der Waals surface area contributed by atoms with Crippen LogP contribution in [0.3, 0.4) is 0 Å². The molecule has 4 nitrogen and oxygen atoms in total. The summed E-state index contributed by atoms with van der Waals surface area (Å²) in [5.74, 6) is 0.410. The Kier molecular flexibility index (Phi) is 5.71. The highest BCUT2D eigenvalue weighted by Gasteiger charge is 2.13. The van der Waals surface area contributed by atoms with Crippen LogP contribution in [0, 0.1) is 0 Å². The van der Waals surface area contributed by atoms with Gasteiger partial charge in [-0.05, 0) is 54.6 Å². The molecule has 3 rings (SSSR count). The molecule has 0 unspecified atom stereocenters. The molecule has 7 heteroatoms. The summed E-state index contributed by atoms with van der Waals surface area (Å²) in [5, 5.41) is 13.2. The largest absolute Gasteiger partial charge is 0.507 e. The van der Waals surface area contributed by atoms with Gasteiger partial charge in [-0.25, -0.2) is 0 Å². The van der Waals surface area contributed by atoms with Gasteiger partial charge in [-0.3, -0.25) is 4.79 Å². The number of halogens is 3. The standard InChI is InChI=1S/C19H12BrCl2NO3/c20-11-1-4-15(5-2-11)26-16-8-13(22)7-14(10-16)23-19(25)17-9-12(21)3-6-18(17)24/h1-10,24H,(H,23,25). The first-order valence-corrected chi connectivity index (χ1v) is 8.99. The molecule has 0 saturated heterocycles. The molecule has 0 aliphatic rings. The van der Waals surface area contributed by atoms with E-state index in [1.807, 2.05) is 12.1 Å². The Morgan fingerprint density at radius 1 is 0.923 bits per heavy atom. The summed E-state index contributed by atoms with van der Waals surface area (Å²) in [5.41, 5.74) is 0.488. The van der Waals surface area contributed by atoms with Gasteiger partial charge in [-0.15, -0.1) is 0 Å². The fourth-order valence-electron chi connectivity index (χ4n) is 2.22. The summed E-state index contributed by atoms with van der Waals surface area (Å²) in [6.45, 7) is 0. The molecule has 0 aliphatic carbocycles. The molecule has 0 aliphatic heterocycles. The number of nitrogens with one attached hydrogen (secondary N) is 1. The van der Waals surface area contributed by atoms with Crippen molar-refractivity contribution in [3.05, 3.63) is 80.7 Å². The number of carbonyl (C=O) groups is 1. The molecule has 26 heavy (non-hydrogen) atoms. The normalized spacial score (nSPS) is 10.4. The van der Waals surface area contributed by atoms with Crippen molar-refractivity contribution in [2.75, 3.05) is 5.32 Å². The lowest BCUT2D eigenvalue weighted by Crippen LogP contribution is -2.12. The van der Waals surface area contributed by atoms with Crippen molar-refractivity contribution in [3.63, 3.8) is 0 Å². The number of hydrogen-bond acceptors (Lipinski definition) is 3. The number of phenols is 1. The summed E-state index contributed by atoms with van der Waals surface area (Å²) >= 11 is 15.4. The van der Waals surface area contributed by atoms with Crippen LogP contribution in [0.4, 0.5) is 5.69 Å². The van der Waals surface area contributed by atoms with E-state index in [9.17, 15) is 9.90 Å². The van der Waals surface area contributed by atoms with Crippen LogP contribution in [0.5, 0.6) is 17.2 Å². The minimum Gasteiger partial charge on any atom is -0.507 e. The van der Waals surface area contributed by atoms with Gasteiger partial charge in [0.2, 0.25) is 0 Å². The van der Waals surface area contributed by atoms with Crippen LogP contribution in [0.15, 0.2) is 65.1 Å². The number of amides is 1. The van der Waals surface area contributed by atoms with Crippen molar-refractivity contribution in [2.45, 2.75) is 0 Å². The molecule has 132 valence electrons. The minimum atomic E-state index is -0.512. The van der Waals surface area contributed by atoms with E-state index in [2.05, 4.69) is 21.2 Å². The number of hydrogen-bond donors (Lipinski definition) is 2. The highest BCUT2D eigenvalue weighted by Crippen LogP contribution is 2.30. The number of rotatable bonds is 4. The van der Waals surface area contributed by atoms with Gasteiger partial charge in [0, 0.05) is 26.3 Å². The molecular weight excluding hydrogens is 441 g/mol. The maximum atomic E-state index is 12.4. The van der Waals surface area contributed by atoms with Gasteiger partial charge in [0.15, 0.2) is 0 Å². The molecule has 0 aromatic heterocycles. The van der Waals surface area contributed by atoms with Crippen molar-refractivity contribution in [3.8, 4) is 17.2 Å². The van der Waals surface area contributed by atoms with Crippen LogP contribution >= 0.6 is 39.1 Å². The zero-order chi connectivity index (χ0) is 18.7. The average Bonchev–Trinajstić information content (AvgIpc) is 2.58. The first-order valence-electron chi connectivity index (χ1n) is 7.44. The van der Waals surface area contributed by atoms with E-state index in [0.717, 1.165) is 4.47 Å². The highest BCUT2D eigenvalue weighted by atomic mass is 79.9. The molecule has 0 atom stereocenters. The number of benzene rings is 3. The highest BCUT2D eigenvalue weighted by molar-refractivity contribution is 9.10. The van der Waals surface area contributed by atoms with Crippen molar-refractivity contribution < 1.29 is 14.6 Å². The van der Waals surface area contributed by atoms with Gasteiger partial charge in [0.1, 0.15) is 17.2 Å². The molecule has 2 N–H and O–H groups in total. The quantitative estimate of drug-likeness (QED) is 0.474. The van der Waals surface area contributed by atoms with Crippen LogP contribution in [0.25, 0.3) is 0 Å². The van der Waals surface area contributed by atoms with E-state index >= 15 is 0 Å². The smallest absolute Gasteiger partial charge is 0.259 e. The molecular formula is C19H12BrCl2NO3. The predicted molar refractivity (Wildman–Crippen MR) is 107 cm³/mol. The van der Waals surface area contributed by atoms with E-state index in [1.165, 1.54) is 18.2 Å². The van der Waals surface area contributed by atoms with Crippen molar-refractivity contribution in [1.82, 2.24) is 0 Å². The number of phenolic OH excluding ortho intramolecular Hbond substituents is 1. The van der Waals surface area contributed by atoms with Crippen LogP contribution < -0.4 is 10.1 Å². The van der Waals surface area contributed by atoms with Gasteiger partial charge >= 0.3 is 0 Å². The van der Waals surface area contributed by atoms with Crippen LogP contribution in [0.1, 0.15) is 10.4 Å². The average molecular weight is 453 g/mol. The zero-order valence-electron chi connectivity index (χ0n) is 13.2. The third-order valence-electron chi connectivity index (χ3n) is 3.38. The van der Waals surface area contributed by atoms with Gasteiger partial charge in [-0.1, -0.05) is 39.1 Å². The summed E-state index contributed by atoms with van der Waals surface area (Å²) in [6, 6.07) is 16.4.